The Morgan fingerprint density at radius 2 is 1.43 bits per heavy atom. The van der Waals surface area contributed by atoms with E-state index in [-0.39, 0.29) is 11.5 Å². The molecule has 7 heavy (non-hydrogen) atoms. The highest BCUT2D eigenvalue weighted by Gasteiger charge is 1.95. The van der Waals surface area contributed by atoms with E-state index < -0.39 is 0 Å². The van der Waals surface area contributed by atoms with Crippen LogP contribution >= 0.6 is 34.8 Å². The largest absolute Gasteiger partial charge is 0.344 e. The third kappa shape index (κ3) is 6.83. The van der Waals surface area contributed by atoms with Crippen molar-refractivity contribution >= 4 is 34.8 Å². The minimum Gasteiger partial charge on any atom is -0.344 e. The summed E-state index contributed by atoms with van der Waals surface area (Å²) in [5.74, 6) is 0.871. The molecule has 0 aromatic rings. The molecule has 0 bridgehead atoms. The molecule has 0 saturated heterocycles. The van der Waals surface area contributed by atoms with E-state index in [0.717, 1.165) is 0 Å². The summed E-state index contributed by atoms with van der Waals surface area (Å²) in [6.45, 7) is 0. The van der Waals surface area contributed by atoms with Crippen molar-refractivity contribution in [1.29, 1.82) is 0 Å². The molecular weight excluding hydrogens is 156 g/mol. The molecular formula is C3H8Cl3N. The van der Waals surface area contributed by atoms with Gasteiger partial charge in [0.05, 0.1) is 5.38 Å². The van der Waals surface area contributed by atoms with Gasteiger partial charge in [0.25, 0.3) is 0 Å². The summed E-state index contributed by atoms with van der Waals surface area (Å²) in [6.07, 6.45) is 0. The van der Waals surface area contributed by atoms with Gasteiger partial charge in [-0.1, -0.05) is 0 Å². The maximum atomic E-state index is 5.39. The summed E-state index contributed by atoms with van der Waals surface area (Å²) < 4.78 is 0. The van der Waals surface area contributed by atoms with Gasteiger partial charge in [-0.2, -0.15) is 0 Å². The summed E-state index contributed by atoms with van der Waals surface area (Å²) in [6, 6.07) is 0. The molecule has 0 unspecified atom stereocenters. The number of hydrogen-bond donors (Lipinski definition) is 1. The summed E-state index contributed by atoms with van der Waals surface area (Å²) >= 11 is 15.9. The van der Waals surface area contributed by atoms with Crippen molar-refractivity contribution in [3.8, 4) is 0 Å². The first-order chi connectivity index (χ1) is 2.81. The number of rotatable bonds is 2. The third-order valence-electron chi connectivity index (χ3n) is 0.335. The molecule has 0 aromatic carbocycles. The fraction of sp³-hybridized carbons (Fsp3) is 1.00. The third-order valence-corrected chi connectivity index (χ3v) is 1.70. The average molecular weight is 164 g/mol. The SMILES string of the molecule is ClCC(Cl)CCl.N. The van der Waals surface area contributed by atoms with Crippen molar-refractivity contribution in [1.82, 2.24) is 6.15 Å². The molecule has 46 valence electrons. The van der Waals surface area contributed by atoms with E-state index in [1.165, 1.54) is 0 Å². The molecule has 0 fully saturated rings. The first-order valence-electron chi connectivity index (χ1n) is 1.57. The molecule has 0 aliphatic carbocycles. The minimum absolute atomic E-state index is 0. The van der Waals surface area contributed by atoms with Crippen LogP contribution in [0.2, 0.25) is 0 Å². The lowest BCUT2D eigenvalue weighted by Crippen LogP contribution is -1.99. The molecule has 0 heterocycles. The minimum atomic E-state index is -0.0617. The van der Waals surface area contributed by atoms with E-state index in [9.17, 15) is 0 Å². The second-order valence-electron chi connectivity index (χ2n) is 0.906. The second kappa shape index (κ2) is 6.83. The first kappa shape index (κ1) is 10.7. The quantitative estimate of drug-likeness (QED) is 0.624. The number of hydrogen-bond acceptors (Lipinski definition) is 1. The van der Waals surface area contributed by atoms with E-state index in [1.807, 2.05) is 0 Å². The molecule has 0 radical (unpaired) electrons. The monoisotopic (exact) mass is 163 g/mol. The van der Waals surface area contributed by atoms with E-state index in [4.69, 9.17) is 34.8 Å². The van der Waals surface area contributed by atoms with Crippen LogP contribution in [0.3, 0.4) is 0 Å². The van der Waals surface area contributed by atoms with E-state index >= 15 is 0 Å². The lowest BCUT2D eigenvalue weighted by atomic mass is 10.6. The fourth-order valence-corrected chi connectivity index (χ4v) is 0.371. The zero-order chi connectivity index (χ0) is 4.99. The molecule has 0 aliphatic heterocycles. The van der Waals surface area contributed by atoms with Crippen molar-refractivity contribution in [2.45, 2.75) is 5.38 Å². The molecule has 1 nitrogen and oxygen atoms in total. The predicted octanol–water partition coefficient (Wildman–Crippen LogP) is 2.23. The van der Waals surface area contributed by atoms with Crippen molar-refractivity contribution in [2.24, 2.45) is 0 Å². The standard InChI is InChI=1S/C3H5Cl3.H3N/c4-1-3(6)2-5;/h3H,1-2H2;1H3. The van der Waals surface area contributed by atoms with Crippen molar-refractivity contribution in [2.75, 3.05) is 11.8 Å². The van der Waals surface area contributed by atoms with Gasteiger partial charge in [0.1, 0.15) is 0 Å². The van der Waals surface area contributed by atoms with Crippen molar-refractivity contribution < 1.29 is 0 Å². The van der Waals surface area contributed by atoms with Gasteiger partial charge >= 0.3 is 0 Å². The van der Waals surface area contributed by atoms with E-state index in [1.54, 1.807) is 0 Å². The Balaban J connectivity index is 0. The molecule has 0 aromatic heterocycles. The van der Waals surface area contributed by atoms with E-state index in [0.29, 0.717) is 11.8 Å². The Kier molecular flexibility index (Phi) is 10.5. The van der Waals surface area contributed by atoms with Crippen LogP contribution in [0, 0.1) is 0 Å². The fourth-order valence-electron chi connectivity index (χ4n) is 0.0412. The molecule has 3 N–H and O–H groups in total. The maximum absolute atomic E-state index is 5.39. The van der Waals surface area contributed by atoms with Crippen LogP contribution in [-0.4, -0.2) is 17.1 Å². The Bertz CT molecular complexity index is 29.4. The summed E-state index contributed by atoms with van der Waals surface area (Å²) in [4.78, 5) is 0. The lowest BCUT2D eigenvalue weighted by molar-refractivity contribution is 1.12. The van der Waals surface area contributed by atoms with Crippen LogP contribution in [0.25, 0.3) is 0 Å². The molecule has 0 amide bonds. The van der Waals surface area contributed by atoms with Gasteiger partial charge in [-0.05, 0) is 0 Å². The molecule has 4 heteroatoms. The Morgan fingerprint density at radius 1 is 1.14 bits per heavy atom. The van der Waals surface area contributed by atoms with Gasteiger partial charge < -0.3 is 6.15 Å². The Hall–Kier alpha value is 0.830. The number of alkyl halides is 3. The summed E-state index contributed by atoms with van der Waals surface area (Å²) in [5.41, 5.74) is 0. The number of halogens is 3. The van der Waals surface area contributed by atoms with Crippen molar-refractivity contribution in [3.63, 3.8) is 0 Å². The molecule has 0 rings (SSSR count). The average Bonchev–Trinajstić information content (AvgIpc) is 1.65. The van der Waals surface area contributed by atoms with Crippen LogP contribution in [-0.2, 0) is 0 Å². The zero-order valence-corrected chi connectivity index (χ0v) is 6.10. The van der Waals surface area contributed by atoms with Crippen LogP contribution in [0.15, 0.2) is 0 Å². The highest BCUT2D eigenvalue weighted by Crippen LogP contribution is 1.99. The highest BCUT2D eigenvalue weighted by molar-refractivity contribution is 6.32. The zero-order valence-electron chi connectivity index (χ0n) is 3.83. The van der Waals surface area contributed by atoms with Gasteiger partial charge in [0.2, 0.25) is 0 Å². The predicted molar refractivity (Wildman–Crippen MR) is 36.1 cm³/mol. The molecule has 0 spiro atoms. The maximum Gasteiger partial charge on any atom is 0.0606 e. The molecule has 0 aliphatic rings. The summed E-state index contributed by atoms with van der Waals surface area (Å²) in [5, 5.41) is -0.0617. The smallest absolute Gasteiger partial charge is 0.0606 e. The highest BCUT2D eigenvalue weighted by atomic mass is 35.5. The first-order valence-corrected chi connectivity index (χ1v) is 3.07. The molecule has 0 atom stereocenters. The Morgan fingerprint density at radius 3 is 1.43 bits per heavy atom. The lowest BCUT2D eigenvalue weighted by Gasteiger charge is -1.92. The molecule has 0 saturated carbocycles. The topological polar surface area (TPSA) is 35.0 Å². The second-order valence-corrected chi connectivity index (χ2v) is 2.14. The van der Waals surface area contributed by atoms with Crippen LogP contribution in [0.1, 0.15) is 0 Å². The van der Waals surface area contributed by atoms with Crippen molar-refractivity contribution in [3.05, 3.63) is 0 Å². The van der Waals surface area contributed by atoms with Crippen LogP contribution in [0.4, 0.5) is 0 Å². The van der Waals surface area contributed by atoms with E-state index in [2.05, 4.69) is 0 Å². The van der Waals surface area contributed by atoms with Gasteiger partial charge in [0.15, 0.2) is 0 Å². The normalized spacial score (nSPS) is 8.57. The Labute approximate surface area is 58.5 Å². The van der Waals surface area contributed by atoms with Crippen LogP contribution < -0.4 is 6.15 Å². The van der Waals surface area contributed by atoms with Gasteiger partial charge in [-0.15, -0.1) is 34.8 Å². The van der Waals surface area contributed by atoms with Crippen LogP contribution in [0.5, 0.6) is 0 Å². The summed E-state index contributed by atoms with van der Waals surface area (Å²) in [7, 11) is 0. The van der Waals surface area contributed by atoms with Gasteiger partial charge in [0, 0.05) is 11.8 Å². The van der Waals surface area contributed by atoms with Gasteiger partial charge in [-0.25, -0.2) is 0 Å². The van der Waals surface area contributed by atoms with Gasteiger partial charge in [-0.3, -0.25) is 0 Å².